The topological polar surface area (TPSA) is 115 Å². The maximum Gasteiger partial charge on any atom is 0.203 e. The van der Waals surface area contributed by atoms with Gasteiger partial charge in [-0.1, -0.05) is 11.2 Å². The molecule has 8 nitrogen and oxygen atoms in total. The van der Waals surface area contributed by atoms with Gasteiger partial charge in [-0.05, 0) is 30.0 Å². The van der Waals surface area contributed by atoms with E-state index in [0.29, 0.717) is 16.0 Å². The van der Waals surface area contributed by atoms with Crippen LogP contribution < -0.4 is 5.73 Å². The van der Waals surface area contributed by atoms with Gasteiger partial charge in [-0.15, -0.1) is 10.2 Å². The Morgan fingerprint density at radius 3 is 3.05 bits per heavy atom. The molecule has 0 saturated carbocycles. The zero-order valence-corrected chi connectivity index (χ0v) is 10.9. The largest absolute Gasteiger partial charge is 0.409 e. The normalized spacial score (nSPS) is 11.9. The van der Waals surface area contributed by atoms with Crippen molar-refractivity contribution in [2.75, 3.05) is 0 Å². The first-order valence-corrected chi connectivity index (χ1v) is 6.38. The monoisotopic (exact) mass is 287 g/mol. The highest BCUT2D eigenvalue weighted by Crippen LogP contribution is 2.22. The second-order valence-electron chi connectivity index (χ2n) is 3.72. The highest BCUT2D eigenvalue weighted by molar-refractivity contribution is 7.99. The van der Waals surface area contributed by atoms with Crippen molar-refractivity contribution in [2.45, 2.75) is 10.3 Å². The molecular weight excluding hydrogens is 278 g/mol. The maximum atomic E-state index is 8.65. The highest BCUT2D eigenvalue weighted by atomic mass is 32.2. The highest BCUT2D eigenvalue weighted by Gasteiger charge is 2.10. The number of hydrogen-bond donors (Lipinski definition) is 2. The van der Waals surface area contributed by atoms with Crippen LogP contribution in [0.5, 0.6) is 0 Å². The van der Waals surface area contributed by atoms with E-state index in [4.69, 9.17) is 10.9 Å². The third kappa shape index (κ3) is 2.26. The third-order valence-corrected chi connectivity index (χ3v) is 3.31. The van der Waals surface area contributed by atoms with Gasteiger partial charge in [0, 0.05) is 12.4 Å². The van der Waals surface area contributed by atoms with Gasteiger partial charge in [0.05, 0.1) is 0 Å². The van der Waals surface area contributed by atoms with Gasteiger partial charge in [-0.3, -0.25) is 4.40 Å². The molecule has 3 rings (SSSR count). The van der Waals surface area contributed by atoms with Gasteiger partial charge in [-0.25, -0.2) is 9.97 Å². The van der Waals surface area contributed by atoms with E-state index in [0.717, 1.165) is 5.65 Å². The summed E-state index contributed by atoms with van der Waals surface area (Å²) in [5.41, 5.74) is 6.58. The molecule has 0 saturated heterocycles. The molecule has 20 heavy (non-hydrogen) atoms. The van der Waals surface area contributed by atoms with Crippen molar-refractivity contribution in [2.24, 2.45) is 10.9 Å². The Bertz CT molecular complexity index is 785. The quantitative estimate of drug-likeness (QED) is 0.240. The van der Waals surface area contributed by atoms with E-state index in [-0.39, 0.29) is 5.84 Å². The van der Waals surface area contributed by atoms with Crippen LogP contribution in [0.1, 0.15) is 5.69 Å². The fourth-order valence-electron chi connectivity index (χ4n) is 1.55. The number of fused-ring (bicyclic) bond motifs is 1. The van der Waals surface area contributed by atoms with Crippen LogP contribution in [0.2, 0.25) is 0 Å². The van der Waals surface area contributed by atoms with Crippen molar-refractivity contribution >= 4 is 23.2 Å². The summed E-state index contributed by atoms with van der Waals surface area (Å²) in [4.78, 5) is 8.30. The van der Waals surface area contributed by atoms with E-state index in [1.807, 2.05) is 28.8 Å². The minimum Gasteiger partial charge on any atom is -0.409 e. The molecule has 0 aliphatic heterocycles. The van der Waals surface area contributed by atoms with E-state index in [9.17, 15) is 0 Å². The summed E-state index contributed by atoms with van der Waals surface area (Å²) in [5, 5.41) is 20.7. The molecule has 3 aromatic rings. The first kappa shape index (κ1) is 12.4. The summed E-state index contributed by atoms with van der Waals surface area (Å²) in [6.45, 7) is 0. The van der Waals surface area contributed by atoms with Crippen molar-refractivity contribution in [3.05, 3.63) is 42.4 Å². The zero-order chi connectivity index (χ0) is 13.9. The van der Waals surface area contributed by atoms with Crippen LogP contribution in [0, 0.1) is 0 Å². The van der Waals surface area contributed by atoms with Gasteiger partial charge in [0.2, 0.25) is 5.16 Å². The first-order chi connectivity index (χ1) is 9.78. The van der Waals surface area contributed by atoms with E-state index in [1.165, 1.54) is 18.0 Å². The van der Waals surface area contributed by atoms with Crippen LogP contribution in [0.3, 0.4) is 0 Å². The number of rotatable bonds is 3. The van der Waals surface area contributed by atoms with Crippen molar-refractivity contribution in [1.82, 2.24) is 24.6 Å². The van der Waals surface area contributed by atoms with Gasteiger partial charge < -0.3 is 10.9 Å². The molecule has 0 unspecified atom stereocenters. The summed E-state index contributed by atoms with van der Waals surface area (Å²) >= 11 is 1.24. The number of pyridine rings is 1. The average Bonchev–Trinajstić information content (AvgIpc) is 2.90. The predicted molar refractivity (Wildman–Crippen MR) is 71.7 cm³/mol. The molecular formula is C11H9N7OS. The van der Waals surface area contributed by atoms with Crippen LogP contribution in [0.15, 0.2) is 52.1 Å². The minimum absolute atomic E-state index is 0.0691. The Kier molecular flexibility index (Phi) is 3.17. The molecule has 0 bridgehead atoms. The Morgan fingerprint density at radius 1 is 1.30 bits per heavy atom. The lowest BCUT2D eigenvalue weighted by molar-refractivity contribution is 0.318. The van der Waals surface area contributed by atoms with E-state index >= 15 is 0 Å². The van der Waals surface area contributed by atoms with Gasteiger partial charge in [0.1, 0.15) is 5.69 Å². The van der Waals surface area contributed by atoms with Crippen molar-refractivity contribution in [1.29, 1.82) is 0 Å². The number of nitrogens with two attached hydrogens (primary N) is 1. The molecule has 0 radical (unpaired) electrons. The van der Waals surface area contributed by atoms with Gasteiger partial charge in [0.25, 0.3) is 0 Å². The fourth-order valence-corrected chi connectivity index (χ4v) is 2.31. The lowest BCUT2D eigenvalue weighted by atomic mass is 10.4. The smallest absolute Gasteiger partial charge is 0.203 e. The molecule has 9 heteroatoms. The van der Waals surface area contributed by atoms with Crippen LogP contribution >= 0.6 is 11.8 Å². The summed E-state index contributed by atoms with van der Waals surface area (Å²) in [6, 6.07) is 7.17. The molecule has 100 valence electrons. The average molecular weight is 287 g/mol. The predicted octanol–water partition coefficient (Wildman–Crippen LogP) is 0.765. The molecule has 3 N–H and O–H groups in total. The van der Waals surface area contributed by atoms with Crippen LogP contribution in [-0.2, 0) is 0 Å². The van der Waals surface area contributed by atoms with Crippen molar-refractivity contribution < 1.29 is 5.21 Å². The molecule has 0 aromatic carbocycles. The summed E-state index contributed by atoms with van der Waals surface area (Å²) in [5.74, 6) is -0.0691. The number of oxime groups is 1. The number of nitrogens with zero attached hydrogens (tertiary/aromatic N) is 6. The molecule has 0 atom stereocenters. The second kappa shape index (κ2) is 5.13. The SMILES string of the molecule is N/C(=N/O)c1ccnc(Sc2nnc3ccccn23)n1. The van der Waals surface area contributed by atoms with Gasteiger partial charge >= 0.3 is 0 Å². The Balaban J connectivity index is 1.95. The molecule has 0 spiro atoms. The second-order valence-corrected chi connectivity index (χ2v) is 4.66. The number of amidine groups is 1. The molecule has 3 aromatic heterocycles. The molecule has 0 aliphatic carbocycles. The zero-order valence-electron chi connectivity index (χ0n) is 10.1. The Morgan fingerprint density at radius 2 is 2.20 bits per heavy atom. The van der Waals surface area contributed by atoms with Gasteiger partial charge in [-0.2, -0.15) is 0 Å². The fraction of sp³-hybridized carbons (Fsp3) is 0. The van der Waals surface area contributed by atoms with Crippen LogP contribution in [0.4, 0.5) is 0 Å². The number of hydrogen-bond acceptors (Lipinski definition) is 7. The summed E-state index contributed by atoms with van der Waals surface area (Å²) in [7, 11) is 0. The molecule has 0 fully saturated rings. The van der Waals surface area contributed by atoms with E-state index < -0.39 is 0 Å². The van der Waals surface area contributed by atoms with E-state index in [1.54, 1.807) is 6.07 Å². The molecule has 0 amide bonds. The Labute approximate surface area is 117 Å². The van der Waals surface area contributed by atoms with Crippen molar-refractivity contribution in [3.8, 4) is 0 Å². The molecule has 0 aliphatic rings. The lowest BCUT2D eigenvalue weighted by Gasteiger charge is -2.01. The Hall–Kier alpha value is -2.68. The molecule has 3 heterocycles. The summed E-state index contributed by atoms with van der Waals surface area (Å²) in [6.07, 6.45) is 3.39. The number of aromatic nitrogens is 5. The van der Waals surface area contributed by atoms with Crippen LogP contribution in [-0.4, -0.2) is 35.6 Å². The van der Waals surface area contributed by atoms with Gasteiger partial charge in [0.15, 0.2) is 16.6 Å². The lowest BCUT2D eigenvalue weighted by Crippen LogP contribution is -2.15. The van der Waals surface area contributed by atoms with Crippen molar-refractivity contribution in [3.63, 3.8) is 0 Å². The summed E-state index contributed by atoms with van der Waals surface area (Å²) < 4.78 is 1.82. The standard InChI is InChI=1S/C11H9N7OS/c12-9(17-19)7-4-5-13-10(14-7)20-11-16-15-8-3-1-2-6-18(8)11/h1-6,19H,(H2,12,17). The van der Waals surface area contributed by atoms with E-state index in [2.05, 4.69) is 25.3 Å². The minimum atomic E-state index is -0.0691. The third-order valence-electron chi connectivity index (χ3n) is 2.47. The first-order valence-electron chi connectivity index (χ1n) is 5.56. The van der Waals surface area contributed by atoms with Crippen LogP contribution in [0.25, 0.3) is 5.65 Å². The maximum absolute atomic E-state index is 8.65.